The molecule has 0 unspecified atom stereocenters. The van der Waals surface area contributed by atoms with Crippen LogP contribution >= 0.6 is 0 Å². The maximum Gasteiger partial charge on any atom is 0.300 e. The Kier molecular flexibility index (Phi) is 3.71. The van der Waals surface area contributed by atoms with Gasteiger partial charge in [-0.2, -0.15) is 0 Å². The van der Waals surface area contributed by atoms with E-state index in [1.165, 1.54) is 0 Å². The van der Waals surface area contributed by atoms with Gasteiger partial charge in [0.15, 0.2) is 0 Å². The minimum absolute atomic E-state index is 0.0335. The summed E-state index contributed by atoms with van der Waals surface area (Å²) in [6, 6.07) is 0. The number of hydrogen-bond acceptors (Lipinski definition) is 4. The highest BCUT2D eigenvalue weighted by atomic mass is 16.5. The lowest BCUT2D eigenvalue weighted by Gasteiger charge is -2.10. The number of hydrogen-bond donors (Lipinski definition) is 0. The normalized spacial score (nSPS) is 16.3. The maximum atomic E-state index is 11.7. The number of amides is 2. The average Bonchev–Trinajstić information content (AvgIpc) is 2.43. The van der Waals surface area contributed by atoms with E-state index >= 15 is 0 Å². The van der Waals surface area contributed by atoms with Crippen LogP contribution in [0.15, 0.2) is 11.5 Å². The highest BCUT2D eigenvalue weighted by molar-refractivity contribution is 6.17. The van der Waals surface area contributed by atoms with Crippen LogP contribution in [0, 0.1) is 0 Å². The number of nitrogens with zero attached hydrogens (tertiary/aromatic N) is 1. The Morgan fingerprint density at radius 3 is 1.60 bits per heavy atom. The van der Waals surface area contributed by atoms with E-state index in [9.17, 15) is 9.59 Å². The summed E-state index contributed by atoms with van der Waals surface area (Å²) in [6.45, 7) is 6.23. The summed E-state index contributed by atoms with van der Waals surface area (Å²) >= 11 is 0. The second-order valence-corrected chi connectivity index (χ2v) is 2.88. The molecule has 2 amide bonds. The lowest BCUT2D eigenvalue weighted by Crippen LogP contribution is -2.31. The van der Waals surface area contributed by atoms with Gasteiger partial charge in [-0.05, 0) is 20.8 Å². The van der Waals surface area contributed by atoms with Crippen molar-refractivity contribution in [3.05, 3.63) is 11.5 Å². The van der Waals surface area contributed by atoms with E-state index in [4.69, 9.17) is 9.47 Å². The fraction of sp³-hybridized carbons (Fsp3) is 0.600. The van der Waals surface area contributed by atoms with Crippen LogP contribution in [0.5, 0.6) is 0 Å². The molecule has 0 aromatic heterocycles. The quantitative estimate of drug-likeness (QED) is 0.629. The van der Waals surface area contributed by atoms with Crippen LogP contribution in [-0.2, 0) is 19.1 Å². The minimum Gasteiger partial charge on any atom is -0.485 e. The molecule has 1 aliphatic rings. The van der Waals surface area contributed by atoms with Gasteiger partial charge in [-0.1, -0.05) is 0 Å². The van der Waals surface area contributed by atoms with E-state index in [1.807, 2.05) is 0 Å². The van der Waals surface area contributed by atoms with Gasteiger partial charge in [0.2, 0.25) is 11.5 Å². The van der Waals surface area contributed by atoms with Crippen molar-refractivity contribution in [2.24, 2.45) is 0 Å². The third kappa shape index (κ3) is 1.95. The molecule has 84 valence electrons. The summed E-state index contributed by atoms with van der Waals surface area (Å²) < 4.78 is 10.3. The van der Waals surface area contributed by atoms with Crippen molar-refractivity contribution < 1.29 is 19.1 Å². The lowest BCUT2D eigenvalue weighted by molar-refractivity contribution is -0.139. The van der Waals surface area contributed by atoms with Crippen LogP contribution in [0.1, 0.15) is 20.8 Å². The number of ether oxygens (including phenoxy) is 2. The topological polar surface area (TPSA) is 55.8 Å². The molecule has 1 heterocycles. The maximum absolute atomic E-state index is 11.7. The number of rotatable bonds is 5. The summed E-state index contributed by atoms with van der Waals surface area (Å²) in [4.78, 5) is 24.4. The summed E-state index contributed by atoms with van der Waals surface area (Å²) in [5, 5.41) is 0. The highest BCUT2D eigenvalue weighted by Crippen LogP contribution is 2.22. The smallest absolute Gasteiger partial charge is 0.300 e. The first kappa shape index (κ1) is 11.6. The lowest BCUT2D eigenvalue weighted by atomic mass is 10.4. The third-order valence-electron chi connectivity index (χ3n) is 1.98. The molecule has 0 saturated carbocycles. The van der Waals surface area contributed by atoms with Crippen LogP contribution in [0.3, 0.4) is 0 Å². The Hall–Kier alpha value is -1.52. The Balaban J connectivity index is 2.99. The molecule has 0 radical (unpaired) electrons. The third-order valence-corrected chi connectivity index (χ3v) is 1.98. The van der Waals surface area contributed by atoms with E-state index in [1.54, 1.807) is 20.8 Å². The molecule has 5 nitrogen and oxygen atoms in total. The second-order valence-electron chi connectivity index (χ2n) is 2.88. The number of imide groups is 1. The first-order chi connectivity index (χ1) is 7.17. The Labute approximate surface area is 88.6 Å². The summed E-state index contributed by atoms with van der Waals surface area (Å²) in [6.07, 6.45) is 0. The van der Waals surface area contributed by atoms with Crippen LogP contribution in [0.2, 0.25) is 0 Å². The molecule has 0 fully saturated rings. The Morgan fingerprint density at radius 2 is 1.33 bits per heavy atom. The summed E-state index contributed by atoms with van der Waals surface area (Å²) in [5.74, 6) is -0.752. The highest BCUT2D eigenvalue weighted by Gasteiger charge is 2.40. The van der Waals surface area contributed by atoms with Crippen molar-refractivity contribution in [1.82, 2.24) is 4.90 Å². The zero-order valence-corrected chi connectivity index (χ0v) is 9.20. The first-order valence-electron chi connectivity index (χ1n) is 5.03. The Morgan fingerprint density at radius 1 is 0.933 bits per heavy atom. The van der Waals surface area contributed by atoms with Crippen LogP contribution in [-0.4, -0.2) is 36.5 Å². The van der Waals surface area contributed by atoms with Crippen molar-refractivity contribution in [2.45, 2.75) is 20.8 Å². The van der Waals surface area contributed by atoms with Crippen LogP contribution in [0.4, 0.5) is 0 Å². The van der Waals surface area contributed by atoms with Gasteiger partial charge in [0.05, 0.1) is 13.2 Å². The molecule has 0 aromatic rings. The number of carbonyl (C=O) groups is 2. The van der Waals surface area contributed by atoms with E-state index in [2.05, 4.69) is 0 Å². The fourth-order valence-electron chi connectivity index (χ4n) is 1.36. The predicted molar refractivity (Wildman–Crippen MR) is 52.7 cm³/mol. The molecule has 0 saturated heterocycles. The van der Waals surface area contributed by atoms with Crippen molar-refractivity contribution in [1.29, 1.82) is 0 Å². The van der Waals surface area contributed by atoms with E-state index in [0.29, 0.717) is 19.8 Å². The van der Waals surface area contributed by atoms with Crippen LogP contribution < -0.4 is 0 Å². The van der Waals surface area contributed by atoms with Gasteiger partial charge in [-0.3, -0.25) is 14.5 Å². The molecule has 0 aromatic carbocycles. The zero-order chi connectivity index (χ0) is 11.4. The monoisotopic (exact) mass is 213 g/mol. The predicted octanol–water partition coefficient (Wildman–Crippen LogP) is 0.660. The summed E-state index contributed by atoms with van der Waals surface area (Å²) in [7, 11) is 0. The number of likely N-dealkylation sites (N-methyl/N-ethyl adjacent to an activating group) is 1. The molecule has 1 rings (SSSR count). The molecule has 15 heavy (non-hydrogen) atoms. The van der Waals surface area contributed by atoms with Gasteiger partial charge < -0.3 is 9.47 Å². The zero-order valence-electron chi connectivity index (χ0n) is 9.20. The van der Waals surface area contributed by atoms with Gasteiger partial charge >= 0.3 is 0 Å². The second kappa shape index (κ2) is 4.82. The van der Waals surface area contributed by atoms with Crippen LogP contribution in [0.25, 0.3) is 0 Å². The molecule has 0 bridgehead atoms. The molecular formula is C10H15NO4. The fourth-order valence-corrected chi connectivity index (χ4v) is 1.36. The largest absolute Gasteiger partial charge is 0.485 e. The van der Waals surface area contributed by atoms with Crippen molar-refractivity contribution in [3.63, 3.8) is 0 Å². The van der Waals surface area contributed by atoms with E-state index < -0.39 is 11.8 Å². The molecule has 0 aliphatic carbocycles. The SMILES string of the molecule is CCOC1=C(OCC)C(=O)N(CC)C1=O. The van der Waals surface area contributed by atoms with Gasteiger partial charge in [-0.15, -0.1) is 0 Å². The molecule has 1 aliphatic heterocycles. The van der Waals surface area contributed by atoms with Gasteiger partial charge in [0, 0.05) is 6.54 Å². The van der Waals surface area contributed by atoms with E-state index in [0.717, 1.165) is 4.90 Å². The van der Waals surface area contributed by atoms with Gasteiger partial charge in [-0.25, -0.2) is 0 Å². The van der Waals surface area contributed by atoms with Crippen molar-refractivity contribution in [3.8, 4) is 0 Å². The molecule has 5 heteroatoms. The summed E-state index contributed by atoms with van der Waals surface area (Å²) in [5.41, 5.74) is 0. The van der Waals surface area contributed by atoms with Crippen molar-refractivity contribution in [2.75, 3.05) is 19.8 Å². The molecule has 0 spiro atoms. The molecule has 0 atom stereocenters. The van der Waals surface area contributed by atoms with Crippen molar-refractivity contribution >= 4 is 11.8 Å². The standard InChI is InChI=1S/C10H15NO4/c1-4-11-9(12)7(14-5-2)8(10(11)13)15-6-3/h4-6H2,1-3H3. The average molecular weight is 213 g/mol. The minimum atomic E-state index is -0.409. The first-order valence-corrected chi connectivity index (χ1v) is 5.03. The Bertz CT molecular complexity index is 281. The number of carbonyl (C=O) groups excluding carboxylic acids is 2. The van der Waals surface area contributed by atoms with Gasteiger partial charge in [0.1, 0.15) is 0 Å². The molecule has 0 N–H and O–H groups in total. The van der Waals surface area contributed by atoms with Gasteiger partial charge in [0.25, 0.3) is 11.8 Å². The van der Waals surface area contributed by atoms with E-state index in [-0.39, 0.29) is 11.5 Å². The molecular weight excluding hydrogens is 198 g/mol.